The summed E-state index contributed by atoms with van der Waals surface area (Å²) in [6.07, 6.45) is 12.0. The fourth-order valence-corrected chi connectivity index (χ4v) is 4.68. The molecule has 2 saturated heterocycles. The van der Waals surface area contributed by atoms with Gasteiger partial charge in [-0.05, 0) is 55.6 Å². The Bertz CT molecular complexity index is 861. The maximum atomic E-state index is 13.1. The normalized spacial score (nSPS) is 23.4. The predicted molar refractivity (Wildman–Crippen MR) is 118 cm³/mol. The molecule has 2 aliphatic heterocycles. The highest BCUT2D eigenvalue weighted by Crippen LogP contribution is 2.27. The van der Waals surface area contributed by atoms with Crippen molar-refractivity contribution in [2.45, 2.75) is 44.7 Å². The molecule has 7 heteroatoms. The van der Waals surface area contributed by atoms with E-state index in [1.807, 2.05) is 29.4 Å². The number of piperidine rings is 1. The first-order valence-electron chi connectivity index (χ1n) is 11.3. The van der Waals surface area contributed by atoms with E-state index in [1.165, 1.54) is 5.56 Å². The number of aromatic nitrogens is 2. The van der Waals surface area contributed by atoms with Crippen molar-refractivity contribution in [1.29, 1.82) is 0 Å². The molecule has 2 aliphatic rings. The number of carbonyl (C=O) groups excluding carboxylic acids is 2. The molecule has 2 aromatic rings. The molecule has 31 heavy (non-hydrogen) atoms. The lowest BCUT2D eigenvalue weighted by molar-refractivity contribution is -0.129. The van der Waals surface area contributed by atoms with Crippen molar-refractivity contribution in [3.63, 3.8) is 0 Å². The topological polar surface area (TPSA) is 78.4 Å². The van der Waals surface area contributed by atoms with Crippen molar-refractivity contribution in [2.75, 3.05) is 26.2 Å². The minimum absolute atomic E-state index is 0.00913. The lowest BCUT2D eigenvalue weighted by Gasteiger charge is -2.43. The fourth-order valence-electron chi connectivity index (χ4n) is 4.68. The summed E-state index contributed by atoms with van der Waals surface area (Å²) in [5.41, 5.74) is 1.78. The van der Waals surface area contributed by atoms with Gasteiger partial charge in [-0.25, -0.2) is 0 Å². The van der Waals surface area contributed by atoms with Crippen LogP contribution < -0.4 is 5.32 Å². The summed E-state index contributed by atoms with van der Waals surface area (Å²) < 4.78 is 0. The van der Waals surface area contributed by atoms with Crippen molar-refractivity contribution in [1.82, 2.24) is 25.1 Å². The Morgan fingerprint density at radius 3 is 2.68 bits per heavy atom. The van der Waals surface area contributed by atoms with Crippen LogP contribution in [-0.4, -0.2) is 63.8 Å². The van der Waals surface area contributed by atoms with Crippen molar-refractivity contribution in [2.24, 2.45) is 5.92 Å². The maximum absolute atomic E-state index is 13.1. The molecule has 2 unspecified atom stereocenters. The van der Waals surface area contributed by atoms with Crippen LogP contribution in [0.5, 0.6) is 0 Å². The van der Waals surface area contributed by atoms with Gasteiger partial charge >= 0.3 is 0 Å². The number of pyridine rings is 2. The monoisotopic (exact) mass is 421 g/mol. The van der Waals surface area contributed by atoms with E-state index in [-0.39, 0.29) is 23.8 Å². The molecule has 4 rings (SSSR count). The summed E-state index contributed by atoms with van der Waals surface area (Å²) in [5.74, 6) is 0.00289. The number of rotatable bonds is 3. The van der Waals surface area contributed by atoms with Crippen LogP contribution in [-0.2, 0) is 11.3 Å². The highest BCUT2D eigenvalue weighted by Gasteiger charge is 2.39. The van der Waals surface area contributed by atoms with Crippen molar-refractivity contribution in [3.05, 3.63) is 60.2 Å². The van der Waals surface area contributed by atoms with Crippen LogP contribution in [0.25, 0.3) is 0 Å². The highest BCUT2D eigenvalue weighted by atomic mass is 16.2. The van der Waals surface area contributed by atoms with E-state index in [0.29, 0.717) is 25.1 Å². The minimum atomic E-state index is -0.113. The fraction of sp³-hybridized carbons (Fsp3) is 0.500. The first kappa shape index (κ1) is 21.4. The second-order valence-corrected chi connectivity index (χ2v) is 8.49. The van der Waals surface area contributed by atoms with Gasteiger partial charge in [-0.1, -0.05) is 12.8 Å². The van der Waals surface area contributed by atoms with Gasteiger partial charge in [0, 0.05) is 57.0 Å². The molecular weight excluding hydrogens is 390 g/mol. The van der Waals surface area contributed by atoms with E-state index in [4.69, 9.17) is 0 Å². The zero-order valence-electron chi connectivity index (χ0n) is 17.9. The van der Waals surface area contributed by atoms with Crippen LogP contribution in [0.4, 0.5) is 0 Å². The highest BCUT2D eigenvalue weighted by molar-refractivity contribution is 5.94. The third-order valence-corrected chi connectivity index (χ3v) is 6.39. The quantitative estimate of drug-likeness (QED) is 0.824. The Morgan fingerprint density at radius 1 is 1.03 bits per heavy atom. The van der Waals surface area contributed by atoms with Gasteiger partial charge in [0.15, 0.2) is 0 Å². The van der Waals surface area contributed by atoms with Gasteiger partial charge in [-0.15, -0.1) is 0 Å². The predicted octanol–water partition coefficient (Wildman–Crippen LogP) is 2.50. The zero-order valence-corrected chi connectivity index (χ0v) is 17.9. The standard InChI is InChI=1S/C24H31N5O2/c30-23-21-9-15-29(24(31)20-6-5-10-26-16-20)18-22(21)28(14-4-2-1-3-11-27-23)17-19-7-12-25-13-8-19/h5-8,10,12-13,16,21-22H,1-4,9,11,14-15,17-18H2,(H,27,30). The van der Waals surface area contributed by atoms with E-state index in [1.54, 1.807) is 24.5 Å². The van der Waals surface area contributed by atoms with E-state index in [9.17, 15) is 9.59 Å². The first-order chi connectivity index (χ1) is 15.2. The summed E-state index contributed by atoms with van der Waals surface area (Å²) >= 11 is 0. The smallest absolute Gasteiger partial charge is 0.255 e. The number of hydrogen-bond donors (Lipinski definition) is 1. The first-order valence-corrected chi connectivity index (χ1v) is 11.3. The number of nitrogens with one attached hydrogen (secondary N) is 1. The second-order valence-electron chi connectivity index (χ2n) is 8.49. The molecule has 0 aromatic carbocycles. The average Bonchev–Trinajstić information content (AvgIpc) is 2.85. The molecule has 1 N–H and O–H groups in total. The molecule has 2 atom stereocenters. The molecule has 0 saturated carbocycles. The molecule has 7 nitrogen and oxygen atoms in total. The number of likely N-dealkylation sites (tertiary alicyclic amines) is 1. The van der Waals surface area contributed by atoms with Gasteiger partial charge in [-0.2, -0.15) is 0 Å². The molecular formula is C24H31N5O2. The second kappa shape index (κ2) is 10.5. The Kier molecular flexibility index (Phi) is 7.25. The summed E-state index contributed by atoms with van der Waals surface area (Å²) in [4.78, 5) is 38.7. The van der Waals surface area contributed by atoms with Gasteiger partial charge in [0.25, 0.3) is 5.91 Å². The van der Waals surface area contributed by atoms with Gasteiger partial charge in [0.05, 0.1) is 11.5 Å². The van der Waals surface area contributed by atoms with Crippen LogP contribution in [0.3, 0.4) is 0 Å². The number of nitrogens with zero attached hydrogens (tertiary/aromatic N) is 4. The Morgan fingerprint density at radius 2 is 1.87 bits per heavy atom. The Labute approximate surface area is 183 Å². The van der Waals surface area contributed by atoms with Crippen LogP contribution in [0.2, 0.25) is 0 Å². The molecule has 0 bridgehead atoms. The number of fused-ring (bicyclic) bond motifs is 1. The third-order valence-electron chi connectivity index (χ3n) is 6.39. The van der Waals surface area contributed by atoms with Gasteiger partial charge < -0.3 is 10.2 Å². The van der Waals surface area contributed by atoms with E-state index in [2.05, 4.69) is 20.2 Å². The SMILES string of the molecule is O=C1NCCCCCCN(Cc2ccncc2)C2CN(C(=O)c3cccnc3)CCC12. The molecule has 164 valence electrons. The zero-order chi connectivity index (χ0) is 21.5. The van der Waals surface area contributed by atoms with Crippen LogP contribution in [0, 0.1) is 5.92 Å². The maximum Gasteiger partial charge on any atom is 0.255 e. The molecule has 2 amide bonds. The molecule has 2 aromatic heterocycles. The summed E-state index contributed by atoms with van der Waals surface area (Å²) in [6, 6.07) is 7.64. The Balaban J connectivity index is 1.59. The van der Waals surface area contributed by atoms with E-state index < -0.39 is 0 Å². The summed E-state index contributed by atoms with van der Waals surface area (Å²) in [5, 5.41) is 3.15. The molecule has 0 radical (unpaired) electrons. The van der Waals surface area contributed by atoms with Crippen molar-refractivity contribution < 1.29 is 9.59 Å². The minimum Gasteiger partial charge on any atom is -0.356 e. The van der Waals surface area contributed by atoms with E-state index in [0.717, 1.165) is 45.3 Å². The average molecular weight is 422 g/mol. The van der Waals surface area contributed by atoms with Crippen LogP contribution >= 0.6 is 0 Å². The molecule has 0 spiro atoms. The van der Waals surface area contributed by atoms with Crippen LogP contribution in [0.1, 0.15) is 48.0 Å². The third kappa shape index (κ3) is 5.47. The van der Waals surface area contributed by atoms with Crippen LogP contribution in [0.15, 0.2) is 49.1 Å². The number of carbonyl (C=O) groups is 2. The van der Waals surface area contributed by atoms with Gasteiger partial charge in [0.1, 0.15) is 0 Å². The largest absolute Gasteiger partial charge is 0.356 e. The molecule has 4 heterocycles. The molecule has 2 fully saturated rings. The van der Waals surface area contributed by atoms with Crippen molar-refractivity contribution in [3.8, 4) is 0 Å². The van der Waals surface area contributed by atoms with Crippen molar-refractivity contribution >= 4 is 11.8 Å². The van der Waals surface area contributed by atoms with Gasteiger partial charge in [-0.3, -0.25) is 24.5 Å². The number of hydrogen-bond acceptors (Lipinski definition) is 5. The summed E-state index contributed by atoms with van der Waals surface area (Å²) in [7, 11) is 0. The van der Waals surface area contributed by atoms with E-state index >= 15 is 0 Å². The Hall–Kier alpha value is -2.80. The lowest BCUT2D eigenvalue weighted by Crippen LogP contribution is -2.57. The summed E-state index contributed by atoms with van der Waals surface area (Å²) in [6.45, 7) is 3.56. The lowest BCUT2D eigenvalue weighted by atomic mass is 9.88. The number of amides is 2. The van der Waals surface area contributed by atoms with Gasteiger partial charge in [0.2, 0.25) is 5.91 Å². The molecule has 0 aliphatic carbocycles.